The van der Waals surface area contributed by atoms with Gasteiger partial charge >= 0.3 is 0 Å². The minimum Gasteiger partial charge on any atom is -0.378 e. The molecule has 1 aromatic carbocycles. The molecule has 0 aliphatic heterocycles. The molecule has 2 rings (SSSR count). The fourth-order valence-corrected chi connectivity index (χ4v) is 2.79. The van der Waals surface area contributed by atoms with Crippen molar-refractivity contribution >= 4 is 5.91 Å². The van der Waals surface area contributed by atoms with Crippen LogP contribution in [0.2, 0.25) is 0 Å². The van der Waals surface area contributed by atoms with Gasteiger partial charge in [0.15, 0.2) is 0 Å². The molecule has 2 N–H and O–H groups in total. The first-order valence-electron chi connectivity index (χ1n) is 10.2. The van der Waals surface area contributed by atoms with Crippen molar-refractivity contribution < 1.29 is 14.3 Å². The van der Waals surface area contributed by atoms with Crippen LogP contribution in [0.5, 0.6) is 0 Å². The van der Waals surface area contributed by atoms with Gasteiger partial charge in [0.25, 0.3) is 5.91 Å². The molecule has 1 atom stereocenters. The lowest BCUT2D eigenvalue weighted by Gasteiger charge is -2.13. The Labute approximate surface area is 173 Å². The monoisotopic (exact) mass is 402 g/mol. The number of ether oxygens (including phenoxy) is 2. The van der Waals surface area contributed by atoms with Crippen LogP contribution in [0.4, 0.5) is 0 Å². The molecule has 0 saturated heterocycles. The Morgan fingerprint density at radius 1 is 1.03 bits per heavy atom. The highest BCUT2D eigenvalue weighted by molar-refractivity contribution is 5.94. The summed E-state index contributed by atoms with van der Waals surface area (Å²) >= 11 is 0. The van der Waals surface area contributed by atoms with E-state index in [4.69, 9.17) is 9.47 Å². The number of rotatable bonds is 13. The molecule has 7 nitrogen and oxygen atoms in total. The van der Waals surface area contributed by atoms with Crippen LogP contribution in [0, 0.1) is 6.92 Å². The standard InChI is InChI=1S/C22H34N4O3/c1-17(2)23-9-11-28-13-14-29-12-10-24-22(27)21-7-5-20(6-8-21)19(4)26-16-18(3)15-25-26/h5-8,15-17,19,23H,9-14H2,1-4H3,(H,24,27). The lowest BCUT2D eigenvalue weighted by atomic mass is 10.1. The van der Waals surface area contributed by atoms with Gasteiger partial charge in [0, 0.05) is 30.9 Å². The number of nitrogens with one attached hydrogen (secondary N) is 2. The molecule has 0 fully saturated rings. The molecule has 0 bridgehead atoms. The number of hydrogen-bond acceptors (Lipinski definition) is 5. The maximum atomic E-state index is 12.2. The topological polar surface area (TPSA) is 77.4 Å². The lowest BCUT2D eigenvalue weighted by molar-refractivity contribution is 0.0489. The molecule has 0 aliphatic carbocycles. The summed E-state index contributed by atoms with van der Waals surface area (Å²) in [6.07, 6.45) is 3.86. The second-order valence-corrected chi connectivity index (χ2v) is 7.39. The summed E-state index contributed by atoms with van der Waals surface area (Å²) in [5, 5.41) is 10.5. The van der Waals surface area contributed by atoms with E-state index in [1.807, 2.05) is 48.3 Å². The van der Waals surface area contributed by atoms with Gasteiger partial charge < -0.3 is 20.1 Å². The summed E-state index contributed by atoms with van der Waals surface area (Å²) in [6, 6.07) is 8.22. The van der Waals surface area contributed by atoms with Crippen LogP contribution in [0.25, 0.3) is 0 Å². The Morgan fingerprint density at radius 2 is 1.69 bits per heavy atom. The van der Waals surface area contributed by atoms with Crippen molar-refractivity contribution in [2.45, 2.75) is 39.8 Å². The number of amides is 1. The molecule has 0 spiro atoms. The zero-order valence-corrected chi connectivity index (χ0v) is 18.0. The highest BCUT2D eigenvalue weighted by Crippen LogP contribution is 2.18. The normalized spacial score (nSPS) is 12.3. The van der Waals surface area contributed by atoms with E-state index in [2.05, 4.69) is 36.5 Å². The first-order valence-corrected chi connectivity index (χ1v) is 10.2. The minimum absolute atomic E-state index is 0.0984. The second kappa shape index (κ2) is 12.4. The quantitative estimate of drug-likeness (QED) is 0.504. The first-order chi connectivity index (χ1) is 14.0. The number of benzene rings is 1. The van der Waals surface area contributed by atoms with E-state index >= 15 is 0 Å². The number of aryl methyl sites for hydroxylation is 1. The summed E-state index contributed by atoms with van der Waals surface area (Å²) in [7, 11) is 0. The maximum absolute atomic E-state index is 12.2. The van der Waals surface area contributed by atoms with Gasteiger partial charge in [-0.2, -0.15) is 5.10 Å². The fraction of sp³-hybridized carbons (Fsp3) is 0.545. The largest absolute Gasteiger partial charge is 0.378 e. The predicted molar refractivity (Wildman–Crippen MR) is 114 cm³/mol. The van der Waals surface area contributed by atoms with Gasteiger partial charge in [-0.15, -0.1) is 0 Å². The SMILES string of the molecule is Cc1cnn(C(C)c2ccc(C(=O)NCCOCCOCCNC(C)C)cc2)c1. The van der Waals surface area contributed by atoms with Gasteiger partial charge in [-0.05, 0) is 37.1 Å². The summed E-state index contributed by atoms with van der Waals surface area (Å²) in [5.41, 5.74) is 2.87. The van der Waals surface area contributed by atoms with Crippen molar-refractivity contribution in [1.82, 2.24) is 20.4 Å². The van der Waals surface area contributed by atoms with E-state index in [0.717, 1.165) is 17.7 Å². The second-order valence-electron chi connectivity index (χ2n) is 7.39. The first kappa shape index (κ1) is 23.1. The zero-order valence-electron chi connectivity index (χ0n) is 18.0. The van der Waals surface area contributed by atoms with Crippen molar-refractivity contribution in [3.8, 4) is 0 Å². The van der Waals surface area contributed by atoms with E-state index in [-0.39, 0.29) is 11.9 Å². The molecule has 29 heavy (non-hydrogen) atoms. The molecule has 1 aromatic heterocycles. The van der Waals surface area contributed by atoms with Crippen molar-refractivity contribution in [2.24, 2.45) is 0 Å². The Morgan fingerprint density at radius 3 is 2.28 bits per heavy atom. The number of aromatic nitrogens is 2. The number of carbonyl (C=O) groups is 1. The van der Waals surface area contributed by atoms with E-state index in [9.17, 15) is 4.79 Å². The van der Waals surface area contributed by atoms with Crippen molar-refractivity contribution in [2.75, 3.05) is 39.5 Å². The molecule has 2 aromatic rings. The molecule has 1 unspecified atom stereocenters. The van der Waals surface area contributed by atoms with Gasteiger partial charge in [-0.3, -0.25) is 9.48 Å². The molecule has 1 amide bonds. The Balaban J connectivity index is 1.61. The molecule has 0 aliphatic rings. The van der Waals surface area contributed by atoms with E-state index < -0.39 is 0 Å². The van der Waals surface area contributed by atoms with Gasteiger partial charge in [-0.25, -0.2) is 0 Å². The molecule has 0 radical (unpaired) electrons. The zero-order chi connectivity index (χ0) is 21.1. The maximum Gasteiger partial charge on any atom is 0.251 e. The van der Waals surface area contributed by atoms with Crippen LogP contribution >= 0.6 is 0 Å². The van der Waals surface area contributed by atoms with Gasteiger partial charge in [0.05, 0.1) is 38.7 Å². The smallest absolute Gasteiger partial charge is 0.251 e. The Hall–Kier alpha value is -2.22. The third-order valence-corrected chi connectivity index (χ3v) is 4.49. The number of nitrogens with zero attached hydrogens (tertiary/aromatic N) is 2. The number of carbonyl (C=O) groups excluding carboxylic acids is 1. The van der Waals surface area contributed by atoms with Gasteiger partial charge in [-0.1, -0.05) is 26.0 Å². The highest BCUT2D eigenvalue weighted by atomic mass is 16.5. The molecular formula is C22H34N4O3. The fourth-order valence-electron chi connectivity index (χ4n) is 2.79. The van der Waals surface area contributed by atoms with Crippen molar-refractivity contribution in [3.63, 3.8) is 0 Å². The van der Waals surface area contributed by atoms with Crippen molar-refractivity contribution in [1.29, 1.82) is 0 Å². The third kappa shape index (κ3) is 8.35. The third-order valence-electron chi connectivity index (χ3n) is 4.49. The average Bonchev–Trinajstić information content (AvgIpc) is 3.15. The predicted octanol–water partition coefficient (Wildman–Crippen LogP) is 2.56. The van der Waals surface area contributed by atoms with E-state index in [0.29, 0.717) is 44.6 Å². The van der Waals surface area contributed by atoms with Crippen LogP contribution < -0.4 is 10.6 Å². The summed E-state index contributed by atoms with van der Waals surface area (Å²) in [5.74, 6) is -0.0984. The van der Waals surface area contributed by atoms with E-state index in [1.54, 1.807) is 0 Å². The summed E-state index contributed by atoms with van der Waals surface area (Å²) in [4.78, 5) is 12.2. The molecular weight excluding hydrogens is 368 g/mol. The van der Waals surface area contributed by atoms with Crippen LogP contribution in [0.15, 0.2) is 36.7 Å². The Bertz CT molecular complexity index is 728. The van der Waals surface area contributed by atoms with Crippen LogP contribution in [0.3, 0.4) is 0 Å². The minimum atomic E-state index is -0.0984. The molecule has 0 saturated carbocycles. The molecule has 7 heteroatoms. The number of hydrogen-bond donors (Lipinski definition) is 2. The van der Waals surface area contributed by atoms with E-state index in [1.165, 1.54) is 0 Å². The highest BCUT2D eigenvalue weighted by Gasteiger charge is 2.10. The summed E-state index contributed by atoms with van der Waals surface area (Å²) < 4.78 is 12.9. The van der Waals surface area contributed by atoms with Gasteiger partial charge in [0.2, 0.25) is 0 Å². The average molecular weight is 403 g/mol. The van der Waals surface area contributed by atoms with Crippen LogP contribution in [-0.4, -0.2) is 61.2 Å². The molecule has 1 heterocycles. The molecule has 160 valence electrons. The lowest BCUT2D eigenvalue weighted by Crippen LogP contribution is -2.28. The van der Waals surface area contributed by atoms with Crippen molar-refractivity contribution in [3.05, 3.63) is 53.3 Å². The summed E-state index contributed by atoms with van der Waals surface area (Å²) in [6.45, 7) is 11.9. The Kier molecular flexibility index (Phi) is 9.83. The van der Waals surface area contributed by atoms with Gasteiger partial charge in [0.1, 0.15) is 0 Å². The van der Waals surface area contributed by atoms with Crippen LogP contribution in [-0.2, 0) is 9.47 Å². The van der Waals surface area contributed by atoms with Crippen LogP contribution in [0.1, 0.15) is 48.3 Å².